The summed E-state index contributed by atoms with van der Waals surface area (Å²) in [7, 11) is 0. The van der Waals surface area contributed by atoms with Crippen LogP contribution in [0.15, 0.2) is 47.4 Å². The van der Waals surface area contributed by atoms with Crippen LogP contribution in [0.5, 0.6) is 0 Å². The number of carbonyl (C=O) groups is 2. The third kappa shape index (κ3) is 5.32. The molecule has 5 rings (SSSR count). The number of aromatic carboxylic acids is 1. The molecule has 1 aliphatic carbocycles. The summed E-state index contributed by atoms with van der Waals surface area (Å²) in [6, 6.07) is 10.4. The van der Waals surface area contributed by atoms with Crippen molar-refractivity contribution < 1.29 is 28.2 Å². The molecule has 206 valence electrons. The summed E-state index contributed by atoms with van der Waals surface area (Å²) >= 11 is 0. The van der Waals surface area contributed by atoms with Crippen LogP contribution in [0.25, 0.3) is 10.9 Å². The minimum Gasteiger partial charge on any atom is -0.477 e. The molecular formula is C29H31F2N3O5. The van der Waals surface area contributed by atoms with Crippen molar-refractivity contribution in [3.8, 4) is 0 Å². The van der Waals surface area contributed by atoms with Gasteiger partial charge < -0.3 is 24.6 Å². The standard InChI is InChI=1S/C29H31F2N3O5/c1-29(2,3)39-28(38)32-12-17-13-33(14-20(17)16-7-5-4-6-8-16)25-22(30)11-19-24(23(25)31)34(18-9-10-18)15-21(26(19)35)27(36)37/h4-8,11,15,17-18,20H,9-10,12-14H2,1-3H3,(H,32,38)(H,36,37)/t17-,20+/m1/s1. The first-order valence-electron chi connectivity index (χ1n) is 13.0. The van der Waals surface area contributed by atoms with E-state index >= 15 is 8.78 Å². The Morgan fingerprint density at radius 2 is 1.82 bits per heavy atom. The van der Waals surface area contributed by atoms with Crippen molar-refractivity contribution in [3.63, 3.8) is 0 Å². The summed E-state index contributed by atoms with van der Waals surface area (Å²) in [5.41, 5.74) is -1.48. The number of halogens is 2. The molecule has 2 aliphatic rings. The molecule has 1 saturated heterocycles. The Hall–Kier alpha value is -3.95. The minimum absolute atomic E-state index is 0.0875. The maximum absolute atomic E-state index is 16.2. The Labute approximate surface area is 224 Å². The highest BCUT2D eigenvalue weighted by Gasteiger charge is 2.38. The number of hydrogen-bond donors (Lipinski definition) is 2. The number of hydrogen-bond acceptors (Lipinski definition) is 5. The number of ether oxygens (including phenoxy) is 1. The van der Waals surface area contributed by atoms with Gasteiger partial charge in [-0.3, -0.25) is 4.79 Å². The van der Waals surface area contributed by atoms with Gasteiger partial charge in [0.2, 0.25) is 5.43 Å². The lowest BCUT2D eigenvalue weighted by molar-refractivity contribution is 0.0518. The normalized spacial score (nSPS) is 19.4. The molecule has 1 aromatic heterocycles. The van der Waals surface area contributed by atoms with Crippen LogP contribution in [-0.4, -0.2) is 47.0 Å². The smallest absolute Gasteiger partial charge is 0.407 e. The number of alkyl carbamates (subject to hydrolysis) is 1. The number of anilines is 1. The molecule has 2 aromatic carbocycles. The van der Waals surface area contributed by atoms with Gasteiger partial charge in [-0.25, -0.2) is 18.4 Å². The number of carboxylic acid groups (broad SMARTS) is 1. The SMILES string of the molecule is CC(C)(C)OC(=O)NC[C@@H]1CN(c2c(F)cc3c(=O)c(C(=O)O)cn(C4CC4)c3c2F)C[C@H]1c1ccccc1. The van der Waals surface area contributed by atoms with Crippen LogP contribution in [0.2, 0.25) is 0 Å². The largest absolute Gasteiger partial charge is 0.477 e. The van der Waals surface area contributed by atoms with E-state index in [0.29, 0.717) is 12.8 Å². The average Bonchev–Trinajstić information content (AvgIpc) is 3.62. The van der Waals surface area contributed by atoms with Crippen LogP contribution in [0.3, 0.4) is 0 Å². The summed E-state index contributed by atoms with van der Waals surface area (Å²) in [5.74, 6) is -3.59. The van der Waals surface area contributed by atoms with Crippen LogP contribution >= 0.6 is 0 Å². The number of carboxylic acids is 1. The van der Waals surface area contributed by atoms with Gasteiger partial charge >= 0.3 is 12.1 Å². The van der Waals surface area contributed by atoms with E-state index in [1.807, 2.05) is 30.3 Å². The number of fused-ring (bicyclic) bond motifs is 1. The van der Waals surface area contributed by atoms with Crippen molar-refractivity contribution in [1.82, 2.24) is 9.88 Å². The van der Waals surface area contributed by atoms with E-state index in [1.54, 1.807) is 25.7 Å². The monoisotopic (exact) mass is 539 g/mol. The second kappa shape index (κ2) is 9.98. The van der Waals surface area contributed by atoms with E-state index in [2.05, 4.69) is 5.32 Å². The predicted molar refractivity (Wildman–Crippen MR) is 142 cm³/mol. The number of rotatable bonds is 6. The van der Waals surface area contributed by atoms with Gasteiger partial charge in [-0.05, 0) is 45.2 Å². The van der Waals surface area contributed by atoms with Crippen LogP contribution in [0.4, 0.5) is 19.3 Å². The number of nitrogens with zero attached hydrogens (tertiary/aromatic N) is 2. The molecule has 2 atom stereocenters. The number of aromatic nitrogens is 1. The lowest BCUT2D eigenvalue weighted by atomic mass is 9.89. The van der Waals surface area contributed by atoms with Crippen molar-refractivity contribution in [3.05, 3.63) is 75.6 Å². The molecule has 1 amide bonds. The Kier molecular flexibility index (Phi) is 6.82. The molecule has 1 aliphatic heterocycles. The van der Waals surface area contributed by atoms with E-state index in [1.165, 1.54) is 10.8 Å². The predicted octanol–water partition coefficient (Wildman–Crippen LogP) is 5.06. The zero-order chi connectivity index (χ0) is 28.1. The molecule has 2 heterocycles. The molecule has 10 heteroatoms. The molecule has 3 aromatic rings. The van der Waals surface area contributed by atoms with Gasteiger partial charge in [-0.2, -0.15) is 0 Å². The second-order valence-corrected chi connectivity index (χ2v) is 11.3. The highest BCUT2D eigenvalue weighted by molar-refractivity contribution is 5.94. The number of benzene rings is 2. The van der Waals surface area contributed by atoms with Crippen molar-refractivity contribution >= 4 is 28.7 Å². The topological polar surface area (TPSA) is 101 Å². The quantitative estimate of drug-likeness (QED) is 0.454. The molecule has 1 saturated carbocycles. The molecular weight excluding hydrogens is 508 g/mol. The summed E-state index contributed by atoms with van der Waals surface area (Å²) in [6.45, 7) is 6.06. The van der Waals surface area contributed by atoms with Crippen molar-refractivity contribution in [2.45, 2.75) is 51.2 Å². The first-order chi connectivity index (χ1) is 18.4. The molecule has 39 heavy (non-hydrogen) atoms. The molecule has 2 N–H and O–H groups in total. The lowest BCUT2D eigenvalue weighted by Crippen LogP contribution is -2.37. The van der Waals surface area contributed by atoms with Gasteiger partial charge in [0.15, 0.2) is 5.82 Å². The molecule has 0 spiro atoms. The summed E-state index contributed by atoms with van der Waals surface area (Å²) in [6.07, 6.45) is 2.02. The van der Waals surface area contributed by atoms with Crippen LogP contribution in [0, 0.1) is 17.6 Å². The average molecular weight is 540 g/mol. The van der Waals surface area contributed by atoms with E-state index < -0.39 is 40.3 Å². The summed E-state index contributed by atoms with van der Waals surface area (Å²) in [4.78, 5) is 38.4. The minimum atomic E-state index is -1.44. The van der Waals surface area contributed by atoms with E-state index in [0.717, 1.165) is 11.6 Å². The van der Waals surface area contributed by atoms with Crippen molar-refractivity contribution in [2.75, 3.05) is 24.5 Å². The maximum Gasteiger partial charge on any atom is 0.407 e. The zero-order valence-electron chi connectivity index (χ0n) is 22.0. The Balaban J connectivity index is 1.53. The van der Waals surface area contributed by atoms with Crippen LogP contribution in [0.1, 0.15) is 61.5 Å². The number of nitrogens with one attached hydrogen (secondary N) is 1. The lowest BCUT2D eigenvalue weighted by Gasteiger charge is -2.23. The van der Waals surface area contributed by atoms with Crippen molar-refractivity contribution in [1.29, 1.82) is 0 Å². The third-order valence-corrected chi connectivity index (χ3v) is 7.25. The highest BCUT2D eigenvalue weighted by atomic mass is 19.1. The van der Waals surface area contributed by atoms with Gasteiger partial charge in [0, 0.05) is 43.7 Å². The Morgan fingerprint density at radius 3 is 2.44 bits per heavy atom. The number of amides is 1. The molecule has 0 unspecified atom stereocenters. The Morgan fingerprint density at radius 1 is 1.13 bits per heavy atom. The summed E-state index contributed by atoms with van der Waals surface area (Å²) in [5, 5.41) is 12.0. The molecule has 0 radical (unpaired) electrons. The third-order valence-electron chi connectivity index (χ3n) is 7.25. The van der Waals surface area contributed by atoms with Crippen molar-refractivity contribution in [2.24, 2.45) is 5.92 Å². The van der Waals surface area contributed by atoms with Crippen LogP contribution in [-0.2, 0) is 4.74 Å². The summed E-state index contributed by atoms with van der Waals surface area (Å²) < 4.78 is 38.6. The van der Waals surface area contributed by atoms with E-state index in [9.17, 15) is 19.5 Å². The fourth-order valence-corrected chi connectivity index (χ4v) is 5.38. The number of pyridine rings is 1. The van der Waals surface area contributed by atoms with Gasteiger partial charge in [0.25, 0.3) is 0 Å². The van der Waals surface area contributed by atoms with E-state index in [-0.39, 0.29) is 54.1 Å². The highest BCUT2D eigenvalue weighted by Crippen LogP contribution is 2.42. The fourth-order valence-electron chi connectivity index (χ4n) is 5.38. The first kappa shape index (κ1) is 26.6. The fraction of sp³-hybridized carbons (Fsp3) is 0.414. The van der Waals surface area contributed by atoms with Gasteiger partial charge in [0.1, 0.15) is 22.7 Å². The van der Waals surface area contributed by atoms with Crippen LogP contribution < -0.4 is 15.6 Å². The second-order valence-electron chi connectivity index (χ2n) is 11.3. The molecule has 8 nitrogen and oxygen atoms in total. The zero-order valence-corrected chi connectivity index (χ0v) is 22.0. The molecule has 0 bridgehead atoms. The Bertz CT molecular complexity index is 1500. The van der Waals surface area contributed by atoms with Gasteiger partial charge in [-0.1, -0.05) is 30.3 Å². The van der Waals surface area contributed by atoms with Gasteiger partial charge in [-0.15, -0.1) is 0 Å². The molecule has 2 fully saturated rings. The van der Waals surface area contributed by atoms with Gasteiger partial charge in [0.05, 0.1) is 10.9 Å². The number of carbonyl (C=O) groups excluding carboxylic acids is 1. The maximum atomic E-state index is 16.2. The first-order valence-corrected chi connectivity index (χ1v) is 13.0. The van der Waals surface area contributed by atoms with E-state index in [4.69, 9.17) is 4.74 Å².